The van der Waals surface area contributed by atoms with Crippen LogP contribution in [0.2, 0.25) is 0 Å². The molecule has 0 unspecified atom stereocenters. The Labute approximate surface area is 183 Å². The van der Waals surface area contributed by atoms with Gasteiger partial charge in [-0.15, -0.1) is 10.2 Å². The Morgan fingerprint density at radius 1 is 1.10 bits per heavy atom. The van der Waals surface area contributed by atoms with Gasteiger partial charge in [0.2, 0.25) is 11.8 Å². The number of carbonyl (C=O) groups is 2. The fourth-order valence-corrected chi connectivity index (χ4v) is 3.42. The average molecular weight is 444 g/mol. The SMILES string of the molecule is COc1ccc(NC(=O)Cc2nnc(SCC(=O)Nc3ccc(C)cc3F)n2C)cc1. The summed E-state index contributed by atoms with van der Waals surface area (Å²) in [4.78, 5) is 24.4. The number of hydrogen-bond donors (Lipinski definition) is 2. The highest BCUT2D eigenvalue weighted by atomic mass is 32.2. The molecule has 0 fully saturated rings. The van der Waals surface area contributed by atoms with Crippen molar-refractivity contribution >= 4 is 35.0 Å². The summed E-state index contributed by atoms with van der Waals surface area (Å²) < 4.78 is 20.6. The number of rotatable bonds is 8. The minimum absolute atomic E-state index is 0.0247. The smallest absolute Gasteiger partial charge is 0.234 e. The summed E-state index contributed by atoms with van der Waals surface area (Å²) in [5.41, 5.74) is 1.54. The first-order valence-electron chi connectivity index (χ1n) is 9.36. The normalized spacial score (nSPS) is 10.6. The van der Waals surface area contributed by atoms with Crippen molar-refractivity contribution in [3.8, 4) is 5.75 Å². The maximum absolute atomic E-state index is 13.9. The monoisotopic (exact) mass is 443 g/mol. The fourth-order valence-electron chi connectivity index (χ4n) is 2.69. The van der Waals surface area contributed by atoms with Crippen molar-refractivity contribution in [2.75, 3.05) is 23.5 Å². The molecule has 0 aliphatic rings. The molecule has 0 radical (unpaired) electrons. The standard InChI is InChI=1S/C21H22FN5O3S/c1-13-4-9-17(16(22)10-13)24-20(29)12-31-21-26-25-18(27(21)2)11-19(28)23-14-5-7-15(30-3)8-6-14/h4-10H,11-12H2,1-3H3,(H,23,28)(H,24,29). The van der Waals surface area contributed by atoms with Gasteiger partial charge < -0.3 is 19.9 Å². The van der Waals surface area contributed by atoms with Gasteiger partial charge in [-0.2, -0.15) is 0 Å². The molecule has 0 spiro atoms. The maximum atomic E-state index is 13.9. The summed E-state index contributed by atoms with van der Waals surface area (Å²) >= 11 is 1.15. The van der Waals surface area contributed by atoms with Gasteiger partial charge in [-0.25, -0.2) is 4.39 Å². The number of amides is 2. The number of nitrogens with one attached hydrogen (secondary N) is 2. The summed E-state index contributed by atoms with van der Waals surface area (Å²) in [6.07, 6.45) is 0.0247. The van der Waals surface area contributed by atoms with Gasteiger partial charge in [0.1, 0.15) is 17.4 Å². The topological polar surface area (TPSA) is 98.1 Å². The predicted octanol–water partition coefficient (Wildman–Crippen LogP) is 3.18. The molecule has 3 rings (SSSR count). The van der Waals surface area contributed by atoms with E-state index < -0.39 is 5.82 Å². The first-order chi connectivity index (χ1) is 14.9. The van der Waals surface area contributed by atoms with Gasteiger partial charge in [-0.05, 0) is 48.9 Å². The van der Waals surface area contributed by atoms with Gasteiger partial charge >= 0.3 is 0 Å². The summed E-state index contributed by atoms with van der Waals surface area (Å²) in [7, 11) is 3.29. The van der Waals surface area contributed by atoms with Crippen molar-refractivity contribution in [1.29, 1.82) is 0 Å². The third-order valence-corrected chi connectivity index (χ3v) is 5.37. The molecule has 1 aromatic heterocycles. The molecule has 2 aromatic carbocycles. The van der Waals surface area contributed by atoms with E-state index in [9.17, 15) is 14.0 Å². The van der Waals surface area contributed by atoms with Crippen molar-refractivity contribution in [2.24, 2.45) is 7.05 Å². The highest BCUT2D eigenvalue weighted by Gasteiger charge is 2.15. The Bertz CT molecular complexity index is 1090. The van der Waals surface area contributed by atoms with Crippen molar-refractivity contribution in [3.05, 3.63) is 59.7 Å². The Hall–Kier alpha value is -3.40. The lowest BCUT2D eigenvalue weighted by atomic mass is 10.2. The Kier molecular flexibility index (Phi) is 7.24. The maximum Gasteiger partial charge on any atom is 0.234 e. The molecule has 2 amide bonds. The number of aromatic nitrogens is 3. The van der Waals surface area contributed by atoms with Gasteiger partial charge in [0.25, 0.3) is 0 Å². The van der Waals surface area contributed by atoms with Gasteiger partial charge in [0, 0.05) is 12.7 Å². The molecule has 8 nitrogen and oxygen atoms in total. The van der Waals surface area contributed by atoms with Crippen LogP contribution in [-0.2, 0) is 23.1 Å². The molecule has 31 heavy (non-hydrogen) atoms. The first-order valence-corrected chi connectivity index (χ1v) is 10.3. The average Bonchev–Trinajstić information content (AvgIpc) is 3.08. The number of hydrogen-bond acceptors (Lipinski definition) is 6. The number of anilines is 2. The van der Waals surface area contributed by atoms with Crippen LogP contribution in [0.1, 0.15) is 11.4 Å². The van der Waals surface area contributed by atoms with E-state index in [1.165, 1.54) is 12.1 Å². The number of halogens is 1. The van der Waals surface area contributed by atoms with Crippen molar-refractivity contribution in [2.45, 2.75) is 18.5 Å². The van der Waals surface area contributed by atoms with Crippen LogP contribution in [-0.4, -0.2) is 39.4 Å². The number of benzene rings is 2. The van der Waals surface area contributed by atoms with E-state index in [-0.39, 0.29) is 29.7 Å². The predicted molar refractivity (Wildman–Crippen MR) is 117 cm³/mol. The van der Waals surface area contributed by atoms with Crippen molar-refractivity contribution < 1.29 is 18.7 Å². The lowest BCUT2D eigenvalue weighted by molar-refractivity contribution is -0.116. The van der Waals surface area contributed by atoms with E-state index in [0.29, 0.717) is 22.4 Å². The van der Waals surface area contributed by atoms with Crippen LogP contribution in [0.25, 0.3) is 0 Å². The van der Waals surface area contributed by atoms with Gasteiger partial charge in [0.05, 0.1) is 25.0 Å². The minimum atomic E-state index is -0.484. The molecule has 2 N–H and O–H groups in total. The molecular formula is C21H22FN5O3S. The van der Waals surface area contributed by atoms with Gasteiger partial charge in [0.15, 0.2) is 5.16 Å². The summed E-state index contributed by atoms with van der Waals surface area (Å²) in [5, 5.41) is 13.9. The van der Waals surface area contributed by atoms with Crippen LogP contribution in [0, 0.1) is 12.7 Å². The number of carbonyl (C=O) groups excluding carboxylic acids is 2. The molecule has 3 aromatic rings. The van der Waals surface area contributed by atoms with Crippen LogP contribution in [0.15, 0.2) is 47.6 Å². The molecule has 1 heterocycles. The van der Waals surface area contributed by atoms with Crippen LogP contribution in [0.4, 0.5) is 15.8 Å². The Balaban J connectivity index is 1.53. The molecule has 10 heteroatoms. The molecule has 0 saturated heterocycles. The molecule has 0 bridgehead atoms. The first kappa shape index (κ1) is 22.3. The van der Waals surface area contributed by atoms with Crippen LogP contribution in [0.5, 0.6) is 5.75 Å². The summed E-state index contributed by atoms with van der Waals surface area (Å²) in [6, 6.07) is 11.6. The van der Waals surface area contributed by atoms with E-state index in [2.05, 4.69) is 20.8 Å². The lowest BCUT2D eigenvalue weighted by Gasteiger charge is -2.08. The Morgan fingerprint density at radius 2 is 1.84 bits per heavy atom. The van der Waals surface area contributed by atoms with E-state index in [1.807, 2.05) is 0 Å². The number of aryl methyl sites for hydroxylation is 1. The molecule has 0 atom stereocenters. The van der Waals surface area contributed by atoms with Gasteiger partial charge in [-0.3, -0.25) is 9.59 Å². The third kappa shape index (κ3) is 6.05. The Morgan fingerprint density at radius 3 is 2.52 bits per heavy atom. The molecule has 0 saturated carbocycles. The third-order valence-electron chi connectivity index (χ3n) is 4.35. The summed E-state index contributed by atoms with van der Waals surface area (Å²) in [6.45, 7) is 1.77. The highest BCUT2D eigenvalue weighted by molar-refractivity contribution is 7.99. The summed E-state index contributed by atoms with van der Waals surface area (Å²) in [5.74, 6) is 0.0827. The number of thioether (sulfide) groups is 1. The minimum Gasteiger partial charge on any atom is -0.497 e. The van der Waals surface area contributed by atoms with E-state index >= 15 is 0 Å². The second kappa shape index (κ2) is 10.1. The molecule has 0 aliphatic carbocycles. The van der Waals surface area contributed by atoms with E-state index in [1.54, 1.807) is 56.0 Å². The zero-order valence-corrected chi connectivity index (χ0v) is 18.1. The lowest BCUT2D eigenvalue weighted by Crippen LogP contribution is -2.17. The fraction of sp³-hybridized carbons (Fsp3) is 0.238. The largest absolute Gasteiger partial charge is 0.497 e. The van der Waals surface area contributed by atoms with Crippen molar-refractivity contribution in [1.82, 2.24) is 14.8 Å². The van der Waals surface area contributed by atoms with Crippen LogP contribution in [0.3, 0.4) is 0 Å². The highest BCUT2D eigenvalue weighted by Crippen LogP contribution is 2.19. The number of ether oxygens (including phenoxy) is 1. The molecule has 162 valence electrons. The number of nitrogens with zero attached hydrogens (tertiary/aromatic N) is 3. The van der Waals surface area contributed by atoms with E-state index in [0.717, 1.165) is 17.3 Å². The second-order valence-electron chi connectivity index (χ2n) is 6.73. The second-order valence-corrected chi connectivity index (χ2v) is 7.67. The van der Waals surface area contributed by atoms with E-state index in [4.69, 9.17) is 4.74 Å². The van der Waals surface area contributed by atoms with Crippen LogP contribution >= 0.6 is 11.8 Å². The van der Waals surface area contributed by atoms with Gasteiger partial charge in [-0.1, -0.05) is 17.8 Å². The zero-order valence-electron chi connectivity index (χ0n) is 17.3. The van der Waals surface area contributed by atoms with Crippen molar-refractivity contribution in [3.63, 3.8) is 0 Å². The zero-order chi connectivity index (χ0) is 22.4. The molecule has 0 aliphatic heterocycles. The van der Waals surface area contributed by atoms with Crippen LogP contribution < -0.4 is 15.4 Å². The molecular weight excluding hydrogens is 421 g/mol. The quantitative estimate of drug-likeness (QED) is 0.519. The number of methoxy groups -OCH3 is 1.